The normalized spacial score (nSPS) is 16.3. The molecule has 218 valence electrons. The fourth-order valence-corrected chi connectivity index (χ4v) is 7.05. The predicted molar refractivity (Wildman–Crippen MR) is 173 cm³/mol. The summed E-state index contributed by atoms with van der Waals surface area (Å²) in [6.07, 6.45) is 1.60. The first kappa shape index (κ1) is 30.9. The quantitative estimate of drug-likeness (QED) is 0.237. The van der Waals surface area contributed by atoms with Crippen molar-refractivity contribution in [3.63, 3.8) is 0 Å². The number of carbonyl (C=O) groups excluding carboxylic acids is 3. The number of nitrogens with zero attached hydrogens (tertiary/aromatic N) is 2. The van der Waals surface area contributed by atoms with Gasteiger partial charge in [-0.2, -0.15) is 0 Å². The van der Waals surface area contributed by atoms with Gasteiger partial charge >= 0.3 is 0 Å². The molecular formula is C29H23Br2Cl2N3O5S. The molecule has 0 unspecified atom stereocenters. The summed E-state index contributed by atoms with van der Waals surface area (Å²) < 4.78 is 12.6. The van der Waals surface area contributed by atoms with E-state index in [2.05, 4.69) is 42.1 Å². The Hall–Kier alpha value is -2.54. The molecule has 42 heavy (non-hydrogen) atoms. The van der Waals surface area contributed by atoms with E-state index < -0.39 is 17.1 Å². The first-order valence-corrected chi connectivity index (χ1v) is 15.9. The number of rotatable bonds is 8. The van der Waals surface area contributed by atoms with Crippen LogP contribution in [0.25, 0.3) is 6.08 Å². The summed E-state index contributed by atoms with van der Waals surface area (Å²) in [7, 11) is 0. The van der Waals surface area contributed by atoms with Crippen LogP contribution < -0.4 is 15.0 Å². The highest BCUT2D eigenvalue weighted by molar-refractivity contribution is 9.11. The monoisotopic (exact) mass is 753 g/mol. The van der Waals surface area contributed by atoms with Crippen molar-refractivity contribution < 1.29 is 23.9 Å². The average molecular weight is 756 g/mol. The Kier molecular flexibility index (Phi) is 10.2. The number of hydrogen-bond donors (Lipinski definition) is 1. The van der Waals surface area contributed by atoms with Gasteiger partial charge < -0.3 is 19.7 Å². The van der Waals surface area contributed by atoms with Crippen LogP contribution in [-0.2, 0) is 20.9 Å². The van der Waals surface area contributed by atoms with Crippen molar-refractivity contribution in [1.29, 1.82) is 0 Å². The minimum Gasteiger partial charge on any atom is -0.486 e. The van der Waals surface area contributed by atoms with Crippen LogP contribution >= 0.6 is 66.8 Å². The fraction of sp³-hybridized carbons (Fsp3) is 0.207. The summed E-state index contributed by atoms with van der Waals surface area (Å²) in [6, 6.07) is 16.1. The number of hydrogen-bond acceptors (Lipinski definition) is 7. The molecule has 0 radical (unpaired) electrons. The van der Waals surface area contributed by atoms with Crippen LogP contribution in [0.2, 0.25) is 10.0 Å². The molecule has 0 aliphatic carbocycles. The van der Waals surface area contributed by atoms with Gasteiger partial charge in [-0.1, -0.05) is 29.3 Å². The Labute approximate surface area is 273 Å². The maximum atomic E-state index is 13.0. The Bertz CT molecular complexity index is 1540. The standard InChI is InChI=1S/C29H23Br2Cl2N3O5S/c30-22-11-17(12-23(31)27(22)41-16-18-1-2-19(32)14-24(18)33)13-25-28(38)36(29(39)42-25)15-26(37)34-20-3-5-21(6-4-20)35-7-9-40-10-8-35/h1-6,11-14H,7-10,15-16H2,(H,34,37)/b25-13+. The molecule has 2 aliphatic rings. The van der Waals surface area contributed by atoms with Gasteiger partial charge in [0.1, 0.15) is 18.9 Å². The van der Waals surface area contributed by atoms with E-state index in [0.29, 0.717) is 49.2 Å². The molecular weight excluding hydrogens is 733 g/mol. The van der Waals surface area contributed by atoms with Gasteiger partial charge in [-0.3, -0.25) is 19.3 Å². The van der Waals surface area contributed by atoms with E-state index in [9.17, 15) is 14.4 Å². The Morgan fingerprint density at radius 2 is 1.71 bits per heavy atom. The lowest BCUT2D eigenvalue weighted by molar-refractivity contribution is -0.127. The van der Waals surface area contributed by atoms with Crippen LogP contribution in [0, 0.1) is 0 Å². The third-order valence-electron chi connectivity index (χ3n) is 6.41. The van der Waals surface area contributed by atoms with E-state index in [-0.39, 0.29) is 18.1 Å². The zero-order chi connectivity index (χ0) is 29.8. The highest BCUT2D eigenvalue weighted by atomic mass is 79.9. The number of morpholine rings is 1. The lowest BCUT2D eigenvalue weighted by atomic mass is 10.2. The average Bonchev–Trinajstić information content (AvgIpc) is 3.21. The second-order valence-corrected chi connectivity index (χ2v) is 12.8. The molecule has 2 fully saturated rings. The Balaban J connectivity index is 1.20. The molecule has 2 saturated heterocycles. The van der Waals surface area contributed by atoms with Gasteiger partial charge in [0.15, 0.2) is 0 Å². The molecule has 2 heterocycles. The zero-order valence-corrected chi connectivity index (χ0v) is 27.4. The van der Waals surface area contributed by atoms with Gasteiger partial charge in [-0.25, -0.2) is 0 Å². The molecule has 0 bridgehead atoms. The van der Waals surface area contributed by atoms with Gasteiger partial charge in [0.05, 0.1) is 27.1 Å². The smallest absolute Gasteiger partial charge is 0.294 e. The molecule has 0 spiro atoms. The minimum atomic E-state index is -0.534. The summed E-state index contributed by atoms with van der Waals surface area (Å²) in [6.45, 7) is 2.81. The van der Waals surface area contributed by atoms with Gasteiger partial charge in [-0.15, -0.1) is 0 Å². The first-order valence-electron chi connectivity index (χ1n) is 12.7. The molecule has 0 atom stereocenters. The molecule has 5 rings (SSSR count). The van der Waals surface area contributed by atoms with E-state index in [1.807, 2.05) is 12.1 Å². The molecule has 3 aromatic rings. The van der Waals surface area contributed by atoms with Crippen LogP contribution in [0.4, 0.5) is 16.2 Å². The number of ether oxygens (including phenoxy) is 2. The lowest BCUT2D eigenvalue weighted by Gasteiger charge is -2.28. The molecule has 13 heteroatoms. The van der Waals surface area contributed by atoms with E-state index >= 15 is 0 Å². The number of imide groups is 1. The number of nitrogens with one attached hydrogen (secondary N) is 1. The van der Waals surface area contributed by atoms with Crippen molar-refractivity contribution in [3.8, 4) is 5.75 Å². The molecule has 1 N–H and O–H groups in total. The zero-order valence-electron chi connectivity index (χ0n) is 21.9. The second-order valence-electron chi connectivity index (χ2n) is 9.30. The van der Waals surface area contributed by atoms with Crippen LogP contribution in [0.5, 0.6) is 5.75 Å². The van der Waals surface area contributed by atoms with Crippen LogP contribution in [0.15, 0.2) is 68.4 Å². The second kappa shape index (κ2) is 13.8. The van der Waals surface area contributed by atoms with Gasteiger partial charge in [0.2, 0.25) is 5.91 Å². The molecule has 8 nitrogen and oxygen atoms in total. The minimum absolute atomic E-state index is 0.211. The highest BCUT2D eigenvalue weighted by Crippen LogP contribution is 2.38. The van der Waals surface area contributed by atoms with E-state index in [1.165, 1.54) is 0 Å². The SMILES string of the molecule is O=C(CN1C(=O)S/C(=C/c2cc(Br)c(OCc3ccc(Cl)cc3Cl)c(Br)c2)C1=O)Nc1ccc(N2CCOCC2)cc1. The molecule has 2 aliphatic heterocycles. The van der Waals surface area contributed by atoms with Crippen molar-refractivity contribution in [3.05, 3.63) is 89.6 Å². The molecule has 3 amide bonds. The van der Waals surface area contributed by atoms with Crippen molar-refractivity contribution >= 4 is 101 Å². The summed E-state index contributed by atoms with van der Waals surface area (Å²) in [5, 5.41) is 3.28. The van der Waals surface area contributed by atoms with Crippen molar-refractivity contribution in [2.24, 2.45) is 0 Å². The number of carbonyl (C=O) groups is 3. The van der Waals surface area contributed by atoms with Crippen LogP contribution in [-0.4, -0.2) is 54.8 Å². The summed E-state index contributed by atoms with van der Waals surface area (Å²) >= 11 is 20.0. The van der Waals surface area contributed by atoms with E-state index in [0.717, 1.165) is 41.0 Å². The summed E-state index contributed by atoms with van der Waals surface area (Å²) in [4.78, 5) is 41.7. The third kappa shape index (κ3) is 7.50. The van der Waals surface area contributed by atoms with Crippen molar-refractivity contribution in [2.75, 3.05) is 43.1 Å². The molecule has 0 saturated carbocycles. The van der Waals surface area contributed by atoms with Gasteiger partial charge in [0, 0.05) is 40.1 Å². The number of benzene rings is 3. The maximum absolute atomic E-state index is 13.0. The Morgan fingerprint density at radius 1 is 1.02 bits per heavy atom. The largest absolute Gasteiger partial charge is 0.486 e. The van der Waals surface area contributed by atoms with Gasteiger partial charge in [0.25, 0.3) is 11.1 Å². The van der Waals surface area contributed by atoms with Crippen molar-refractivity contribution in [1.82, 2.24) is 4.90 Å². The highest BCUT2D eigenvalue weighted by Gasteiger charge is 2.36. The molecule has 3 aromatic carbocycles. The topological polar surface area (TPSA) is 88.2 Å². The lowest BCUT2D eigenvalue weighted by Crippen LogP contribution is -2.36. The van der Waals surface area contributed by atoms with Crippen molar-refractivity contribution in [2.45, 2.75) is 6.61 Å². The predicted octanol–water partition coefficient (Wildman–Crippen LogP) is 7.61. The first-order chi connectivity index (χ1) is 20.2. The molecule has 0 aromatic heterocycles. The number of thioether (sulfide) groups is 1. The maximum Gasteiger partial charge on any atom is 0.294 e. The summed E-state index contributed by atoms with van der Waals surface area (Å²) in [5.74, 6) is -0.459. The summed E-state index contributed by atoms with van der Waals surface area (Å²) in [5.41, 5.74) is 3.04. The number of halogens is 4. The van der Waals surface area contributed by atoms with Crippen LogP contribution in [0.1, 0.15) is 11.1 Å². The van der Waals surface area contributed by atoms with E-state index in [4.69, 9.17) is 32.7 Å². The van der Waals surface area contributed by atoms with Gasteiger partial charge in [-0.05, 0) is 104 Å². The van der Waals surface area contributed by atoms with E-state index in [1.54, 1.807) is 48.5 Å². The fourth-order valence-electron chi connectivity index (χ4n) is 4.30. The number of amides is 3. The number of anilines is 2. The Morgan fingerprint density at radius 3 is 2.38 bits per heavy atom. The van der Waals surface area contributed by atoms with Crippen LogP contribution in [0.3, 0.4) is 0 Å². The third-order valence-corrected chi connectivity index (χ3v) is 9.08.